The minimum absolute atomic E-state index is 0.472. The summed E-state index contributed by atoms with van der Waals surface area (Å²) in [6.07, 6.45) is 3.73. The van der Waals surface area contributed by atoms with Gasteiger partial charge in [0.15, 0.2) is 0 Å². The maximum absolute atomic E-state index is 5.88. The molecule has 10 heavy (non-hydrogen) atoms. The first kappa shape index (κ1) is 8.16. The number of hydrogen-bond donors (Lipinski definition) is 0. The zero-order chi connectivity index (χ0) is 7.78. The van der Waals surface area contributed by atoms with Crippen molar-refractivity contribution in [3.63, 3.8) is 0 Å². The van der Waals surface area contributed by atoms with E-state index in [0.29, 0.717) is 11.2 Å². The molecule has 0 saturated heterocycles. The summed E-state index contributed by atoms with van der Waals surface area (Å²) in [7, 11) is 5.88. The van der Waals surface area contributed by atoms with E-state index >= 15 is 0 Å². The topological polar surface area (TPSA) is 0 Å². The molecule has 0 spiro atoms. The quantitative estimate of drug-likeness (QED) is 0.486. The molecule has 56 valence electrons. The van der Waals surface area contributed by atoms with Crippen LogP contribution in [0.2, 0.25) is 5.82 Å². The van der Waals surface area contributed by atoms with E-state index in [9.17, 15) is 0 Å². The first-order valence-electron chi connectivity index (χ1n) is 4.34. The SMILES string of the molecule is [B][C@H]1C[C@H](C)C(C)(CC)C1. The van der Waals surface area contributed by atoms with Crippen molar-refractivity contribution in [2.45, 2.75) is 45.9 Å². The molecule has 3 atom stereocenters. The average molecular weight is 136 g/mol. The summed E-state index contributed by atoms with van der Waals surface area (Å²) in [6.45, 7) is 6.97. The van der Waals surface area contributed by atoms with Crippen LogP contribution in [0.1, 0.15) is 40.0 Å². The fraction of sp³-hybridized carbons (Fsp3) is 1.00. The standard InChI is InChI=1S/C9H17B/c1-4-9(3)6-8(10)5-7(9)2/h7-8H,4-6H2,1-3H3/t7-,8-,9?/m0/s1. The van der Waals surface area contributed by atoms with Crippen molar-refractivity contribution in [3.8, 4) is 0 Å². The zero-order valence-corrected chi connectivity index (χ0v) is 7.35. The molecule has 1 unspecified atom stereocenters. The Morgan fingerprint density at radius 1 is 1.60 bits per heavy atom. The normalized spacial score (nSPS) is 47.9. The molecule has 2 radical (unpaired) electrons. The first-order valence-corrected chi connectivity index (χ1v) is 4.34. The van der Waals surface area contributed by atoms with E-state index in [1.807, 2.05) is 0 Å². The molecule has 0 amide bonds. The second kappa shape index (κ2) is 2.60. The lowest BCUT2D eigenvalue weighted by molar-refractivity contribution is 0.236. The Morgan fingerprint density at radius 2 is 2.20 bits per heavy atom. The summed E-state index contributed by atoms with van der Waals surface area (Å²) < 4.78 is 0. The van der Waals surface area contributed by atoms with Crippen molar-refractivity contribution in [1.82, 2.24) is 0 Å². The minimum Gasteiger partial charge on any atom is -0.0766 e. The van der Waals surface area contributed by atoms with Crippen molar-refractivity contribution < 1.29 is 0 Å². The molecule has 0 aromatic carbocycles. The van der Waals surface area contributed by atoms with Gasteiger partial charge in [0, 0.05) is 0 Å². The van der Waals surface area contributed by atoms with Gasteiger partial charge in [0.05, 0.1) is 7.85 Å². The second-order valence-corrected chi connectivity index (χ2v) is 4.11. The lowest BCUT2D eigenvalue weighted by Crippen LogP contribution is -2.17. The Kier molecular flexibility index (Phi) is 2.12. The predicted octanol–water partition coefficient (Wildman–Crippen LogP) is 2.79. The fourth-order valence-electron chi connectivity index (χ4n) is 2.11. The van der Waals surface area contributed by atoms with Crippen LogP contribution in [0.15, 0.2) is 0 Å². The molecule has 0 aromatic heterocycles. The van der Waals surface area contributed by atoms with Crippen molar-refractivity contribution in [3.05, 3.63) is 0 Å². The highest BCUT2D eigenvalue weighted by Gasteiger charge is 2.37. The van der Waals surface area contributed by atoms with Gasteiger partial charge in [0.25, 0.3) is 0 Å². The Bertz CT molecular complexity index is 122. The van der Waals surface area contributed by atoms with E-state index in [1.54, 1.807) is 0 Å². The molecule has 0 heterocycles. The van der Waals surface area contributed by atoms with E-state index < -0.39 is 0 Å². The molecule has 1 rings (SSSR count). The molecule has 1 aliphatic rings. The lowest BCUT2D eigenvalue weighted by Gasteiger charge is -2.27. The largest absolute Gasteiger partial charge is 0.0766 e. The highest BCUT2D eigenvalue weighted by atomic mass is 14.4. The molecule has 0 N–H and O–H groups in total. The van der Waals surface area contributed by atoms with Crippen LogP contribution in [-0.4, -0.2) is 7.85 Å². The molecule has 0 bridgehead atoms. The van der Waals surface area contributed by atoms with Crippen LogP contribution in [0.3, 0.4) is 0 Å². The zero-order valence-electron chi connectivity index (χ0n) is 7.35. The van der Waals surface area contributed by atoms with Gasteiger partial charge in [-0.3, -0.25) is 0 Å². The molecular weight excluding hydrogens is 119 g/mol. The van der Waals surface area contributed by atoms with Crippen LogP contribution in [0.5, 0.6) is 0 Å². The third-order valence-electron chi connectivity index (χ3n) is 3.38. The first-order chi connectivity index (χ1) is 4.58. The van der Waals surface area contributed by atoms with Crippen LogP contribution < -0.4 is 0 Å². The maximum Gasteiger partial charge on any atom is 0.0699 e. The summed E-state index contributed by atoms with van der Waals surface area (Å²) in [6, 6.07) is 0. The molecule has 1 saturated carbocycles. The number of rotatable bonds is 1. The Morgan fingerprint density at radius 3 is 2.40 bits per heavy atom. The van der Waals surface area contributed by atoms with Crippen LogP contribution in [0.4, 0.5) is 0 Å². The second-order valence-electron chi connectivity index (χ2n) is 4.11. The van der Waals surface area contributed by atoms with E-state index in [-0.39, 0.29) is 0 Å². The smallest absolute Gasteiger partial charge is 0.0699 e. The van der Waals surface area contributed by atoms with E-state index in [2.05, 4.69) is 20.8 Å². The summed E-state index contributed by atoms with van der Waals surface area (Å²) in [5, 5.41) is 0. The summed E-state index contributed by atoms with van der Waals surface area (Å²) in [4.78, 5) is 0. The van der Waals surface area contributed by atoms with Crippen LogP contribution in [0.25, 0.3) is 0 Å². The van der Waals surface area contributed by atoms with Crippen molar-refractivity contribution in [2.24, 2.45) is 11.3 Å². The molecule has 1 heteroatoms. The highest BCUT2D eigenvalue weighted by Crippen LogP contribution is 2.49. The van der Waals surface area contributed by atoms with Gasteiger partial charge >= 0.3 is 0 Å². The van der Waals surface area contributed by atoms with Crippen LogP contribution in [-0.2, 0) is 0 Å². The van der Waals surface area contributed by atoms with Gasteiger partial charge in [-0.05, 0) is 11.3 Å². The number of hydrogen-bond acceptors (Lipinski definition) is 0. The highest BCUT2D eigenvalue weighted by molar-refractivity contribution is 6.11. The Hall–Kier alpha value is 0.0649. The van der Waals surface area contributed by atoms with E-state index in [1.165, 1.54) is 19.3 Å². The van der Waals surface area contributed by atoms with Gasteiger partial charge in [-0.25, -0.2) is 0 Å². The van der Waals surface area contributed by atoms with E-state index in [0.717, 1.165) is 5.92 Å². The van der Waals surface area contributed by atoms with Gasteiger partial charge < -0.3 is 0 Å². The van der Waals surface area contributed by atoms with Gasteiger partial charge in [-0.2, -0.15) is 0 Å². The third kappa shape index (κ3) is 1.23. The molecular formula is C9H17B. The van der Waals surface area contributed by atoms with Gasteiger partial charge in [-0.1, -0.05) is 45.9 Å². The minimum atomic E-state index is 0.472. The monoisotopic (exact) mass is 136 g/mol. The summed E-state index contributed by atoms with van der Waals surface area (Å²) in [5.74, 6) is 1.30. The lowest BCUT2D eigenvalue weighted by atomic mass is 9.77. The fourth-order valence-corrected chi connectivity index (χ4v) is 2.11. The van der Waals surface area contributed by atoms with Gasteiger partial charge in [-0.15, -0.1) is 0 Å². The van der Waals surface area contributed by atoms with E-state index in [4.69, 9.17) is 7.85 Å². The van der Waals surface area contributed by atoms with Crippen molar-refractivity contribution >= 4 is 7.85 Å². The van der Waals surface area contributed by atoms with Gasteiger partial charge in [0.1, 0.15) is 0 Å². The molecule has 0 aromatic rings. The molecule has 1 aliphatic carbocycles. The molecule has 0 nitrogen and oxygen atoms in total. The predicted molar refractivity (Wildman–Crippen MR) is 46.3 cm³/mol. The van der Waals surface area contributed by atoms with Crippen molar-refractivity contribution in [2.75, 3.05) is 0 Å². The Labute approximate surface area is 65.8 Å². The Balaban J connectivity index is 2.61. The molecule has 0 aliphatic heterocycles. The average Bonchev–Trinajstić information content (AvgIpc) is 2.09. The van der Waals surface area contributed by atoms with Crippen molar-refractivity contribution in [1.29, 1.82) is 0 Å². The van der Waals surface area contributed by atoms with Crippen LogP contribution in [0, 0.1) is 11.3 Å². The summed E-state index contributed by atoms with van der Waals surface area (Å²) in [5.41, 5.74) is 0.541. The molecule has 1 fully saturated rings. The van der Waals surface area contributed by atoms with Crippen LogP contribution >= 0.6 is 0 Å². The maximum atomic E-state index is 5.88. The van der Waals surface area contributed by atoms with Gasteiger partial charge in [0.2, 0.25) is 0 Å². The third-order valence-corrected chi connectivity index (χ3v) is 3.38. The summed E-state index contributed by atoms with van der Waals surface area (Å²) >= 11 is 0.